The number of hydrogen-bond acceptors (Lipinski definition) is 44. The van der Waals surface area contributed by atoms with Crippen molar-refractivity contribution in [2.75, 3.05) is 99.1 Å². The first-order valence-electron chi connectivity index (χ1n) is 32.8. The Hall–Kier alpha value is -4.11. The minimum Gasteiger partial charge on any atom is -0.744 e. The first-order valence-corrected chi connectivity index (χ1v) is 40.0. The van der Waals surface area contributed by atoms with Gasteiger partial charge in [0.05, 0.1) is 81.3 Å². The van der Waals surface area contributed by atoms with Crippen LogP contribution in [-0.4, -0.2) is 204 Å². The number of rotatable bonds is 41. The van der Waals surface area contributed by atoms with Crippen molar-refractivity contribution in [1.29, 1.82) is 0 Å². The van der Waals surface area contributed by atoms with Crippen LogP contribution in [0, 0.1) is 0 Å². The average Bonchev–Trinajstić information content (AvgIpc) is 0.808. The third-order valence-electron chi connectivity index (χ3n) is 15.0. The molecule has 604 valence electrons. The molecule has 6 aromatic carbocycles. The largest absolute Gasteiger partial charge is 1.00 e. The zero-order valence-electron chi connectivity index (χ0n) is 65.2. The van der Waals surface area contributed by atoms with E-state index in [1.54, 1.807) is 0 Å². The summed E-state index contributed by atoms with van der Waals surface area (Å²) >= 11 is 0.821. The second-order valence-corrected chi connectivity index (χ2v) is 31.2. The maximum absolute atomic E-state index is 13.1. The average molecular weight is 1820 g/mol. The SMILES string of the molecule is CC(O)CN(CC(C)O)c1nc(Nc2ccc(S(=O)(=O)[O-])cc2)nc(Nc2ccc(/C=C/c3ccc(Nc4nc(Nc5ccc(/C=C/c6ccc(Nc7nc(Nc8ccc(S(=O)(=O)[O-])cc8)nc(N(CCO)CCO)n7)cc6SOO[O-])c(S(=O)(=O)[O-])c5)nc(N(CC(C)O)CC(C)O)n4)cc3SOO[O-])c(S(=O)(=O)[O-])c2)n1.[Na+].[Na+].[Na+].[Na+].[Na+].[Na+]. The second-order valence-electron chi connectivity index (χ2n) is 24.2. The van der Waals surface area contributed by atoms with Gasteiger partial charge in [-0.2, -0.15) is 53.5 Å². The van der Waals surface area contributed by atoms with Gasteiger partial charge < -0.3 is 106 Å². The molecule has 0 aliphatic heterocycles. The van der Waals surface area contributed by atoms with Crippen LogP contribution < -0.4 is 234 Å². The number of nitrogens with zero attached hydrogens (tertiary/aromatic N) is 12. The van der Waals surface area contributed by atoms with Crippen molar-refractivity contribution in [2.24, 2.45) is 0 Å². The van der Waals surface area contributed by atoms with Crippen LogP contribution >= 0.6 is 24.1 Å². The summed E-state index contributed by atoms with van der Waals surface area (Å²) in [6, 6.07) is 25.3. The fraction of sp³-hybridized carbons (Fsp3) is 0.246. The summed E-state index contributed by atoms with van der Waals surface area (Å²) in [6.45, 7) is 4.54. The van der Waals surface area contributed by atoms with Gasteiger partial charge in [-0.05, 0) is 147 Å². The van der Waals surface area contributed by atoms with Crippen molar-refractivity contribution in [2.45, 2.75) is 81.5 Å². The van der Waals surface area contributed by atoms with E-state index >= 15 is 0 Å². The summed E-state index contributed by atoms with van der Waals surface area (Å²) in [5, 5.41) is 108. The van der Waals surface area contributed by atoms with Gasteiger partial charge in [0, 0.05) is 83.2 Å². The molecule has 0 aliphatic rings. The van der Waals surface area contributed by atoms with E-state index in [1.165, 1.54) is 152 Å². The molecule has 12 N–H and O–H groups in total. The molecule has 4 unspecified atom stereocenters. The van der Waals surface area contributed by atoms with Crippen LogP contribution in [0.4, 0.5) is 87.7 Å². The van der Waals surface area contributed by atoms with Crippen LogP contribution in [0.1, 0.15) is 49.9 Å². The van der Waals surface area contributed by atoms with E-state index in [0.29, 0.717) is 24.1 Å². The first-order chi connectivity index (χ1) is 53.5. The number of hydrogen-bond donors (Lipinski definition) is 12. The Balaban J connectivity index is 0.00000610. The van der Waals surface area contributed by atoms with Crippen molar-refractivity contribution in [3.05, 3.63) is 144 Å². The standard InChI is InChI=1S/C65H74N18O24S6.6Na/c1-37(86)33-82(34-38(2)87)64-77-58(67-46-19-23-52(24-20-46)111(95,96)97)73-61(79-64)70-49-15-11-43(55(31-49)112(98,99)100)8-6-42-10-14-48(30-54(42)109-107-105-91)69-60-74-62(80-65(78-60)83(35-39(3)88)36-40(4)89)71-50-16-12-44(56(32-50)113(101,102)103)7-5-41-9-13-47(29-53(41)108-106-104-90)68-59-72-57(75-63(76-59)81(25-27-84)26-28-85)66-45-17-21-51(22-18-45)110(92,93)94;;;;;;/h5-24,29-32,37-40,84-91H,25-28,33-36H2,1-4H3,(H,92,93,94)(H,95,96,97)(H,98,99,100)(H,101,102,103)(H2,66,68,72,75,76)(H2,67,70,73,77,79)(H2,69,71,74,78,80);;;;;;/q;6*+1/p-6/b7-5+,8-6+;;;;;;. The zero-order valence-corrected chi connectivity index (χ0v) is 82.1. The minimum absolute atomic E-state index is 0. The smallest absolute Gasteiger partial charge is 0.744 e. The minimum atomic E-state index is -5.33. The topological polar surface area (TPSA) is 631 Å². The monoisotopic (exact) mass is 1810 g/mol. The van der Waals surface area contributed by atoms with Crippen LogP contribution in [0.25, 0.3) is 24.3 Å². The normalized spacial score (nSPS) is 12.5. The molecule has 54 heteroatoms. The quantitative estimate of drug-likeness (QED) is 0.00423. The molecule has 0 amide bonds. The molecular formula is C65H68N18Na6O24S6. The Kier molecular flexibility index (Phi) is 46.6. The van der Waals surface area contributed by atoms with E-state index in [4.69, 9.17) is 4.33 Å². The van der Waals surface area contributed by atoms with E-state index < -0.39 is 84.5 Å². The third-order valence-corrected chi connectivity index (χ3v) is 19.8. The molecule has 0 spiro atoms. The Labute approximate surface area is 824 Å². The Morgan fingerprint density at radius 2 is 0.605 bits per heavy atom. The molecule has 9 aromatic rings. The van der Waals surface area contributed by atoms with Crippen LogP contribution in [0.5, 0.6) is 0 Å². The van der Waals surface area contributed by atoms with Crippen LogP contribution in [0.3, 0.4) is 0 Å². The number of aromatic nitrogens is 9. The number of nitrogens with one attached hydrogen (secondary N) is 6. The van der Waals surface area contributed by atoms with Gasteiger partial charge in [0.25, 0.3) is 0 Å². The summed E-state index contributed by atoms with van der Waals surface area (Å²) in [4.78, 5) is 41.8. The zero-order chi connectivity index (χ0) is 82.0. The van der Waals surface area contributed by atoms with E-state index in [9.17, 15) is 93.0 Å². The molecule has 0 radical (unpaired) electrons. The molecule has 0 aliphatic carbocycles. The maximum atomic E-state index is 13.1. The maximum Gasteiger partial charge on any atom is 1.00 e. The summed E-state index contributed by atoms with van der Waals surface area (Å²) in [5.74, 6) is -1.57. The summed E-state index contributed by atoms with van der Waals surface area (Å²) in [6.07, 6.45) is 1.23. The molecule has 0 saturated carbocycles. The van der Waals surface area contributed by atoms with Gasteiger partial charge in [0.15, 0.2) is 0 Å². The van der Waals surface area contributed by atoms with Gasteiger partial charge in [-0.15, -0.1) is 0 Å². The fourth-order valence-electron chi connectivity index (χ4n) is 10.4. The van der Waals surface area contributed by atoms with E-state index in [0.717, 1.165) is 36.4 Å². The van der Waals surface area contributed by atoms with E-state index in [1.807, 2.05) is 0 Å². The summed E-state index contributed by atoms with van der Waals surface area (Å²) in [7, 11) is -20.2. The van der Waals surface area contributed by atoms with Gasteiger partial charge in [-0.25, -0.2) is 33.7 Å². The number of anilines is 15. The number of aliphatic hydroxyl groups is 6. The Bertz CT molecular complexity index is 5350. The first kappa shape index (κ1) is 109. The molecule has 119 heavy (non-hydrogen) atoms. The molecular weight excluding hydrogens is 1750 g/mol. The van der Waals surface area contributed by atoms with Crippen molar-refractivity contribution in [1.82, 2.24) is 44.9 Å². The molecule has 0 bridgehead atoms. The molecule has 4 atom stereocenters. The third kappa shape index (κ3) is 34.3. The predicted molar refractivity (Wildman–Crippen MR) is 401 cm³/mol. The van der Waals surface area contributed by atoms with Gasteiger partial charge in [-0.3, -0.25) is 10.1 Å². The van der Waals surface area contributed by atoms with E-state index in [2.05, 4.69) is 91.2 Å². The van der Waals surface area contributed by atoms with Gasteiger partial charge >= 0.3 is 177 Å². The molecule has 3 heterocycles. The van der Waals surface area contributed by atoms with E-state index in [-0.39, 0.29) is 350 Å². The number of aliphatic hydroxyl groups excluding tert-OH is 6. The van der Waals surface area contributed by atoms with Crippen LogP contribution in [0.2, 0.25) is 0 Å². The molecule has 0 saturated heterocycles. The molecule has 0 fully saturated rings. The fourth-order valence-corrected chi connectivity index (χ4v) is 13.7. The Morgan fingerprint density at radius 3 is 0.857 bits per heavy atom. The predicted octanol–water partition coefficient (Wildman–Crippen LogP) is -14.9. The van der Waals surface area contributed by atoms with Crippen LogP contribution in [-0.2, 0) is 59.2 Å². The molecule has 42 nitrogen and oxygen atoms in total. The van der Waals surface area contributed by atoms with Gasteiger partial charge in [0.2, 0.25) is 53.5 Å². The van der Waals surface area contributed by atoms with Gasteiger partial charge in [0.1, 0.15) is 40.5 Å². The second kappa shape index (κ2) is 50.9. The van der Waals surface area contributed by atoms with Crippen molar-refractivity contribution < 1.29 is 289 Å². The molecule has 9 rings (SSSR count). The Morgan fingerprint density at radius 1 is 0.361 bits per heavy atom. The van der Waals surface area contributed by atoms with Crippen molar-refractivity contribution in [3.63, 3.8) is 0 Å². The summed E-state index contributed by atoms with van der Waals surface area (Å²) < 4.78 is 157. The number of benzene rings is 6. The van der Waals surface area contributed by atoms with Crippen LogP contribution in [0.15, 0.2) is 151 Å². The summed E-state index contributed by atoms with van der Waals surface area (Å²) in [5.41, 5.74) is 0.880. The van der Waals surface area contributed by atoms with Gasteiger partial charge in [-0.1, -0.05) is 48.6 Å². The van der Waals surface area contributed by atoms with Crippen molar-refractivity contribution in [3.8, 4) is 0 Å². The van der Waals surface area contributed by atoms with Crippen molar-refractivity contribution >= 4 is 177 Å². The molecule has 3 aromatic heterocycles.